The molecule has 0 spiro atoms. The van der Waals surface area contributed by atoms with Crippen molar-refractivity contribution in [2.24, 2.45) is 5.92 Å². The van der Waals surface area contributed by atoms with Crippen LogP contribution in [0, 0.1) is 5.92 Å². The molecule has 0 saturated heterocycles. The number of hydrogen-bond donors (Lipinski definition) is 0. The van der Waals surface area contributed by atoms with Gasteiger partial charge in [0, 0.05) is 12.5 Å². The van der Waals surface area contributed by atoms with Crippen molar-refractivity contribution in [1.82, 2.24) is 4.90 Å². The predicted octanol–water partition coefficient (Wildman–Crippen LogP) is 3.41. The lowest BCUT2D eigenvalue weighted by Gasteiger charge is -2.17. The van der Waals surface area contributed by atoms with Gasteiger partial charge in [0.2, 0.25) is 0 Å². The molecule has 1 heteroatoms. The molecule has 1 aliphatic rings. The van der Waals surface area contributed by atoms with E-state index < -0.39 is 0 Å². The van der Waals surface area contributed by atoms with E-state index in [-0.39, 0.29) is 0 Å². The van der Waals surface area contributed by atoms with E-state index in [4.69, 9.17) is 0 Å². The Morgan fingerprint density at radius 1 is 1.13 bits per heavy atom. The fourth-order valence-electron chi connectivity index (χ4n) is 1.68. The summed E-state index contributed by atoms with van der Waals surface area (Å²) in [5.74, 6) is 0.567. The van der Waals surface area contributed by atoms with Crippen LogP contribution in [0.4, 0.5) is 0 Å². The Bertz CT molecular complexity index is 238. The normalized spacial score (nSPS) is 24.3. The number of allylic oxidation sites excluding steroid dienone is 4. The third kappa shape index (κ3) is 5.58. The summed E-state index contributed by atoms with van der Waals surface area (Å²) in [6, 6.07) is 0. The lowest BCUT2D eigenvalue weighted by atomic mass is 10.1. The zero-order valence-electron chi connectivity index (χ0n) is 10.0. The first kappa shape index (κ1) is 12.3. The number of hydrogen-bond acceptors (Lipinski definition) is 1. The Morgan fingerprint density at radius 2 is 1.93 bits per heavy atom. The van der Waals surface area contributed by atoms with Crippen LogP contribution in [0.1, 0.15) is 26.2 Å². The second-order valence-corrected chi connectivity index (χ2v) is 4.19. The van der Waals surface area contributed by atoms with Gasteiger partial charge in [-0.15, -0.1) is 0 Å². The van der Waals surface area contributed by atoms with Crippen molar-refractivity contribution in [3.63, 3.8) is 0 Å². The molecular formula is C14H23N. The third-order valence-corrected chi connectivity index (χ3v) is 2.79. The van der Waals surface area contributed by atoms with Crippen LogP contribution in [0.3, 0.4) is 0 Å². The zero-order valence-corrected chi connectivity index (χ0v) is 10.0. The van der Waals surface area contributed by atoms with E-state index in [9.17, 15) is 0 Å². The SMILES string of the molecule is CCN(C)CC1C=C/C=C\CCCC=C1. The molecule has 1 nitrogen and oxygen atoms in total. The molecule has 0 aromatic rings. The van der Waals surface area contributed by atoms with E-state index in [1.165, 1.54) is 19.3 Å². The maximum atomic E-state index is 2.36. The van der Waals surface area contributed by atoms with Gasteiger partial charge in [-0.25, -0.2) is 0 Å². The van der Waals surface area contributed by atoms with E-state index in [2.05, 4.69) is 55.3 Å². The first-order chi connectivity index (χ1) is 7.33. The second-order valence-electron chi connectivity index (χ2n) is 4.19. The van der Waals surface area contributed by atoms with E-state index in [1.54, 1.807) is 0 Å². The lowest BCUT2D eigenvalue weighted by molar-refractivity contribution is 0.335. The van der Waals surface area contributed by atoms with E-state index >= 15 is 0 Å². The molecule has 0 bridgehead atoms. The molecule has 0 aromatic carbocycles. The molecule has 84 valence electrons. The van der Waals surface area contributed by atoms with Crippen molar-refractivity contribution >= 4 is 0 Å². The molecule has 1 aliphatic carbocycles. The summed E-state index contributed by atoms with van der Waals surface area (Å²) in [6.45, 7) is 4.44. The van der Waals surface area contributed by atoms with Crippen LogP contribution in [-0.4, -0.2) is 25.0 Å². The van der Waals surface area contributed by atoms with Gasteiger partial charge >= 0.3 is 0 Å². The van der Waals surface area contributed by atoms with Crippen LogP contribution in [0.15, 0.2) is 36.5 Å². The largest absolute Gasteiger partial charge is 0.306 e. The highest BCUT2D eigenvalue weighted by molar-refractivity contribution is 5.10. The van der Waals surface area contributed by atoms with Crippen molar-refractivity contribution in [1.29, 1.82) is 0 Å². The Labute approximate surface area is 94.2 Å². The summed E-state index contributed by atoms with van der Waals surface area (Å²) in [5.41, 5.74) is 0. The first-order valence-corrected chi connectivity index (χ1v) is 6.01. The van der Waals surface area contributed by atoms with Crippen LogP contribution in [-0.2, 0) is 0 Å². The molecule has 0 N–H and O–H groups in total. The predicted molar refractivity (Wildman–Crippen MR) is 67.9 cm³/mol. The standard InChI is InChI=1S/C14H23N/c1-3-15(2)13-14-11-9-7-5-4-6-8-10-12-14/h5,7,9-12,14H,3-4,6,8,13H2,1-2H3/b7-5-,11-9?,12-10?. The van der Waals surface area contributed by atoms with Crippen LogP contribution < -0.4 is 0 Å². The van der Waals surface area contributed by atoms with E-state index in [1.807, 2.05) is 0 Å². The van der Waals surface area contributed by atoms with Crippen LogP contribution in [0.5, 0.6) is 0 Å². The Morgan fingerprint density at radius 3 is 2.73 bits per heavy atom. The molecule has 0 saturated carbocycles. The van der Waals surface area contributed by atoms with Gasteiger partial charge in [0.1, 0.15) is 0 Å². The molecule has 1 rings (SSSR count). The summed E-state index contributed by atoms with van der Waals surface area (Å²) in [6.07, 6.45) is 17.3. The van der Waals surface area contributed by atoms with Crippen molar-refractivity contribution in [3.05, 3.63) is 36.5 Å². The van der Waals surface area contributed by atoms with Gasteiger partial charge in [-0.3, -0.25) is 0 Å². The monoisotopic (exact) mass is 205 g/mol. The molecular weight excluding hydrogens is 182 g/mol. The highest BCUT2D eigenvalue weighted by Crippen LogP contribution is 2.08. The van der Waals surface area contributed by atoms with Gasteiger partial charge in [0.05, 0.1) is 0 Å². The topological polar surface area (TPSA) is 3.24 Å². The third-order valence-electron chi connectivity index (χ3n) is 2.79. The van der Waals surface area contributed by atoms with Crippen molar-refractivity contribution in [2.45, 2.75) is 26.2 Å². The average Bonchev–Trinajstić information content (AvgIpc) is 2.27. The summed E-state index contributed by atoms with van der Waals surface area (Å²) >= 11 is 0. The van der Waals surface area contributed by atoms with Crippen LogP contribution in [0.25, 0.3) is 0 Å². The summed E-state index contributed by atoms with van der Waals surface area (Å²) in [5, 5.41) is 0. The van der Waals surface area contributed by atoms with Gasteiger partial charge < -0.3 is 4.90 Å². The van der Waals surface area contributed by atoms with Crippen LogP contribution in [0.2, 0.25) is 0 Å². The Kier molecular flexibility index (Phi) is 6.10. The average molecular weight is 205 g/mol. The van der Waals surface area contributed by atoms with Crippen molar-refractivity contribution in [3.8, 4) is 0 Å². The van der Waals surface area contributed by atoms with Crippen molar-refractivity contribution in [2.75, 3.05) is 20.1 Å². The van der Waals surface area contributed by atoms with E-state index in [0.29, 0.717) is 5.92 Å². The Balaban J connectivity index is 2.53. The first-order valence-electron chi connectivity index (χ1n) is 6.01. The summed E-state index contributed by atoms with van der Waals surface area (Å²) in [7, 11) is 2.18. The minimum atomic E-state index is 0.567. The fraction of sp³-hybridized carbons (Fsp3) is 0.571. The number of rotatable bonds is 3. The van der Waals surface area contributed by atoms with Gasteiger partial charge in [0.15, 0.2) is 0 Å². The highest BCUT2D eigenvalue weighted by atomic mass is 15.1. The minimum absolute atomic E-state index is 0.567. The molecule has 0 heterocycles. The molecule has 0 amide bonds. The van der Waals surface area contributed by atoms with Gasteiger partial charge in [-0.1, -0.05) is 43.4 Å². The zero-order chi connectivity index (χ0) is 10.9. The number of nitrogens with zero attached hydrogens (tertiary/aromatic N) is 1. The van der Waals surface area contributed by atoms with Gasteiger partial charge in [-0.05, 0) is 32.9 Å². The molecule has 0 aliphatic heterocycles. The molecule has 15 heavy (non-hydrogen) atoms. The van der Waals surface area contributed by atoms with Gasteiger partial charge in [0.25, 0.3) is 0 Å². The summed E-state index contributed by atoms with van der Waals surface area (Å²) in [4.78, 5) is 2.36. The molecule has 1 atom stereocenters. The molecule has 0 aromatic heterocycles. The quantitative estimate of drug-likeness (QED) is 0.638. The summed E-state index contributed by atoms with van der Waals surface area (Å²) < 4.78 is 0. The molecule has 0 radical (unpaired) electrons. The smallest absolute Gasteiger partial charge is 0.00772 e. The van der Waals surface area contributed by atoms with Gasteiger partial charge in [-0.2, -0.15) is 0 Å². The van der Waals surface area contributed by atoms with E-state index in [0.717, 1.165) is 13.1 Å². The molecule has 1 unspecified atom stereocenters. The highest BCUT2D eigenvalue weighted by Gasteiger charge is 2.03. The minimum Gasteiger partial charge on any atom is -0.306 e. The maximum Gasteiger partial charge on any atom is 0.00772 e. The van der Waals surface area contributed by atoms with Crippen molar-refractivity contribution < 1.29 is 0 Å². The maximum absolute atomic E-state index is 2.36. The van der Waals surface area contributed by atoms with Crippen LogP contribution >= 0.6 is 0 Å². The Hall–Kier alpha value is -0.820. The second kappa shape index (κ2) is 7.47. The molecule has 0 fully saturated rings. The fourth-order valence-corrected chi connectivity index (χ4v) is 1.68. The lowest BCUT2D eigenvalue weighted by Crippen LogP contribution is -2.23.